The third-order valence-corrected chi connectivity index (χ3v) is 5.81. The average molecular weight is 401 g/mol. The first kappa shape index (κ1) is 18.2. The van der Waals surface area contributed by atoms with Crippen LogP contribution >= 0.6 is 0 Å². The minimum Gasteiger partial charge on any atom is -0.325 e. The van der Waals surface area contributed by atoms with Gasteiger partial charge in [0.15, 0.2) is 5.82 Å². The quantitative estimate of drug-likeness (QED) is 0.718. The van der Waals surface area contributed by atoms with E-state index in [0.29, 0.717) is 41.2 Å². The average Bonchev–Trinajstić information content (AvgIpc) is 3.38. The maximum Gasteiger partial charge on any atom is 0.249 e. The van der Waals surface area contributed by atoms with Gasteiger partial charge in [0.1, 0.15) is 10.9 Å². The summed E-state index contributed by atoms with van der Waals surface area (Å²) in [5.41, 5.74) is 1.55. The molecule has 3 aromatic heterocycles. The highest BCUT2D eigenvalue weighted by Gasteiger charge is 2.57. The molecule has 1 N–H and O–H groups in total. The Kier molecular flexibility index (Phi) is 4.03. The van der Waals surface area contributed by atoms with E-state index in [1.54, 1.807) is 46.3 Å². The van der Waals surface area contributed by atoms with Crippen molar-refractivity contribution in [3.63, 3.8) is 0 Å². The number of hydrogen-bond acceptors (Lipinski definition) is 6. The van der Waals surface area contributed by atoms with Gasteiger partial charge in [0, 0.05) is 25.2 Å². The van der Waals surface area contributed by atoms with Crippen LogP contribution in [0.2, 0.25) is 0 Å². The first-order valence-corrected chi connectivity index (χ1v) is 9.82. The fraction of sp³-hybridized carbons (Fsp3) is 0.333. The molecule has 0 bridgehead atoms. The van der Waals surface area contributed by atoms with Gasteiger partial charge in [0.05, 0.1) is 36.0 Å². The van der Waals surface area contributed by atoms with Crippen molar-refractivity contribution in [2.24, 2.45) is 11.3 Å². The summed E-state index contributed by atoms with van der Waals surface area (Å²) in [6.45, 7) is 1.88. The number of aromatic nitrogens is 4. The zero-order chi connectivity index (χ0) is 20.9. The number of rotatable bonds is 4. The van der Waals surface area contributed by atoms with E-state index in [0.717, 1.165) is 12.8 Å². The van der Waals surface area contributed by atoms with Crippen LogP contribution < -0.4 is 10.2 Å². The lowest BCUT2D eigenvalue weighted by Gasteiger charge is -2.21. The summed E-state index contributed by atoms with van der Waals surface area (Å²) >= 11 is 0. The van der Waals surface area contributed by atoms with Crippen molar-refractivity contribution in [2.45, 2.75) is 26.2 Å². The molecule has 2 aliphatic rings. The number of carbonyl (C=O) groups excluding carboxylic acids is 2. The van der Waals surface area contributed by atoms with E-state index in [-0.39, 0.29) is 17.7 Å². The molecule has 0 aromatic carbocycles. The number of carbonyl (C=O) groups is 2. The monoisotopic (exact) mass is 401 g/mol. The Morgan fingerprint density at radius 3 is 2.93 bits per heavy atom. The SMILES string of the molecule is CC(=O)Nc1cncc(-c2cn3nccc3c(N3CC[C@@](C#N)(C4CC4)C3=O)n2)c1. The van der Waals surface area contributed by atoms with Crippen LogP contribution in [0.15, 0.2) is 36.9 Å². The Labute approximate surface area is 172 Å². The normalized spacial score (nSPS) is 21.1. The molecule has 0 spiro atoms. The Hall–Kier alpha value is -3.80. The van der Waals surface area contributed by atoms with Gasteiger partial charge in [-0.05, 0) is 37.3 Å². The highest BCUT2D eigenvalue weighted by molar-refractivity contribution is 6.04. The fourth-order valence-electron chi connectivity index (χ4n) is 4.19. The molecule has 2 fully saturated rings. The number of pyridine rings is 1. The highest BCUT2D eigenvalue weighted by atomic mass is 16.2. The van der Waals surface area contributed by atoms with E-state index in [4.69, 9.17) is 4.98 Å². The predicted octanol–water partition coefficient (Wildman–Crippen LogP) is 2.41. The van der Waals surface area contributed by atoms with Gasteiger partial charge in [-0.2, -0.15) is 10.4 Å². The molecule has 3 aromatic rings. The second-order valence-corrected chi connectivity index (χ2v) is 7.82. The fourth-order valence-corrected chi connectivity index (χ4v) is 4.19. The predicted molar refractivity (Wildman–Crippen MR) is 108 cm³/mol. The number of nitrogens with one attached hydrogen (secondary N) is 1. The van der Waals surface area contributed by atoms with Crippen molar-refractivity contribution < 1.29 is 9.59 Å². The van der Waals surface area contributed by atoms with Crippen molar-refractivity contribution in [3.8, 4) is 17.3 Å². The maximum absolute atomic E-state index is 13.3. The number of anilines is 2. The van der Waals surface area contributed by atoms with Crippen molar-refractivity contribution in [1.82, 2.24) is 19.6 Å². The summed E-state index contributed by atoms with van der Waals surface area (Å²) < 4.78 is 1.67. The third kappa shape index (κ3) is 2.80. The van der Waals surface area contributed by atoms with Crippen LogP contribution in [0.25, 0.3) is 16.8 Å². The van der Waals surface area contributed by atoms with E-state index in [1.165, 1.54) is 6.92 Å². The van der Waals surface area contributed by atoms with Gasteiger partial charge in [0.25, 0.3) is 0 Å². The van der Waals surface area contributed by atoms with Gasteiger partial charge >= 0.3 is 0 Å². The Morgan fingerprint density at radius 2 is 2.20 bits per heavy atom. The first-order chi connectivity index (χ1) is 14.5. The minimum atomic E-state index is -0.943. The lowest BCUT2D eigenvalue weighted by molar-refractivity contribution is -0.123. The smallest absolute Gasteiger partial charge is 0.249 e. The number of fused-ring (bicyclic) bond motifs is 1. The lowest BCUT2D eigenvalue weighted by atomic mass is 9.83. The Bertz CT molecular complexity index is 1220. The zero-order valence-electron chi connectivity index (χ0n) is 16.4. The van der Waals surface area contributed by atoms with Gasteiger partial charge in [-0.15, -0.1) is 0 Å². The minimum absolute atomic E-state index is 0.141. The van der Waals surface area contributed by atoms with Crippen LogP contribution in [0.3, 0.4) is 0 Å². The molecule has 1 aliphatic carbocycles. The van der Waals surface area contributed by atoms with Gasteiger partial charge in [0.2, 0.25) is 11.8 Å². The van der Waals surface area contributed by atoms with E-state index in [1.807, 2.05) is 0 Å². The maximum atomic E-state index is 13.3. The summed E-state index contributed by atoms with van der Waals surface area (Å²) in [7, 11) is 0. The summed E-state index contributed by atoms with van der Waals surface area (Å²) in [4.78, 5) is 35.2. The van der Waals surface area contributed by atoms with Gasteiger partial charge in [-0.25, -0.2) is 9.50 Å². The zero-order valence-corrected chi connectivity index (χ0v) is 16.4. The van der Waals surface area contributed by atoms with Crippen LogP contribution in [-0.4, -0.2) is 37.9 Å². The van der Waals surface area contributed by atoms with Crippen LogP contribution in [0, 0.1) is 22.7 Å². The molecule has 150 valence electrons. The van der Waals surface area contributed by atoms with E-state index in [9.17, 15) is 14.9 Å². The Balaban J connectivity index is 1.59. The molecule has 0 radical (unpaired) electrons. The van der Waals surface area contributed by atoms with Crippen molar-refractivity contribution >= 4 is 28.8 Å². The summed E-state index contributed by atoms with van der Waals surface area (Å²) in [6, 6.07) is 5.88. The van der Waals surface area contributed by atoms with Crippen molar-refractivity contribution in [2.75, 3.05) is 16.8 Å². The molecule has 1 saturated heterocycles. The molecule has 2 amide bonds. The van der Waals surface area contributed by atoms with E-state index in [2.05, 4.69) is 21.5 Å². The molecule has 0 unspecified atom stereocenters. The van der Waals surface area contributed by atoms with E-state index >= 15 is 0 Å². The van der Waals surface area contributed by atoms with Crippen LogP contribution in [0.4, 0.5) is 11.5 Å². The van der Waals surface area contributed by atoms with Crippen LogP contribution in [-0.2, 0) is 9.59 Å². The van der Waals surface area contributed by atoms with Gasteiger partial charge < -0.3 is 5.32 Å². The van der Waals surface area contributed by atoms with Crippen LogP contribution in [0.1, 0.15) is 26.2 Å². The number of nitrogens with zero attached hydrogens (tertiary/aromatic N) is 6. The van der Waals surface area contributed by atoms with E-state index < -0.39 is 5.41 Å². The van der Waals surface area contributed by atoms with Gasteiger partial charge in [-0.3, -0.25) is 19.5 Å². The highest BCUT2D eigenvalue weighted by Crippen LogP contribution is 2.52. The van der Waals surface area contributed by atoms with Gasteiger partial charge in [-0.1, -0.05) is 0 Å². The standard InChI is InChI=1S/C21H19N7O2/c1-13(29)25-16-8-14(9-23-10-16)17-11-28-18(4-6-24-28)19(26-17)27-7-5-21(12-22,20(27)30)15-2-3-15/h4,6,8-11,15H,2-3,5,7H2,1H3,(H,25,29)/t21-/m1/s1. The summed E-state index contributed by atoms with van der Waals surface area (Å²) in [5.74, 6) is 0.256. The summed E-state index contributed by atoms with van der Waals surface area (Å²) in [5, 5.41) is 16.8. The van der Waals surface area contributed by atoms with Crippen molar-refractivity contribution in [3.05, 3.63) is 36.9 Å². The largest absolute Gasteiger partial charge is 0.325 e. The molecule has 4 heterocycles. The third-order valence-electron chi connectivity index (χ3n) is 5.81. The molecule has 1 saturated carbocycles. The molecule has 5 rings (SSSR count). The number of hydrogen-bond donors (Lipinski definition) is 1. The van der Waals surface area contributed by atoms with Crippen molar-refractivity contribution in [1.29, 1.82) is 5.26 Å². The molecule has 9 heteroatoms. The lowest BCUT2D eigenvalue weighted by Crippen LogP contribution is -2.36. The number of amides is 2. The summed E-state index contributed by atoms with van der Waals surface area (Å²) in [6.07, 6.45) is 8.95. The second-order valence-electron chi connectivity index (χ2n) is 7.82. The molecular weight excluding hydrogens is 382 g/mol. The molecule has 9 nitrogen and oxygen atoms in total. The van der Waals surface area contributed by atoms with Crippen LogP contribution in [0.5, 0.6) is 0 Å². The molecular formula is C21H19N7O2. The molecule has 1 aliphatic heterocycles. The Morgan fingerprint density at radius 1 is 1.37 bits per heavy atom. The second kappa shape index (κ2) is 6.62. The molecule has 1 atom stereocenters. The first-order valence-electron chi connectivity index (χ1n) is 9.82. The number of nitriles is 1. The topological polar surface area (TPSA) is 116 Å². The molecule has 30 heavy (non-hydrogen) atoms.